The monoisotopic (exact) mass is 421 g/mol. The molecule has 164 valence electrons. The molecule has 1 aromatic rings. The lowest BCUT2D eigenvalue weighted by atomic mass is 10.1. The van der Waals surface area contributed by atoms with E-state index in [1.165, 1.54) is 37.7 Å². The van der Waals surface area contributed by atoms with Crippen LogP contribution in [0.25, 0.3) is 22.6 Å². The molecule has 1 fully saturated rings. The van der Waals surface area contributed by atoms with E-state index in [4.69, 9.17) is 14.1 Å². The number of likely N-dealkylation sites (tertiary alicyclic amines) is 1. The van der Waals surface area contributed by atoms with Crippen LogP contribution in [0.4, 0.5) is 5.69 Å². The standard InChI is InChI=1S/C25H33N4O2/c1-3-28(13-12-27-10-6-5-7-11-27)19-8-9-20-23(16-19)31-24-18-22-25(17-21(24)26-20)30-15-14-29(22)4-2/h8-9,16-18H,3-7,10-15H2,1-2H3/q+1. The average Bonchev–Trinajstić information content (AvgIpc) is 2.82. The number of hydrogen-bond acceptors (Lipinski definition) is 5. The van der Waals surface area contributed by atoms with E-state index >= 15 is 0 Å². The number of hydrogen-bond donors (Lipinski definition) is 0. The van der Waals surface area contributed by atoms with E-state index in [2.05, 4.69) is 52.5 Å². The van der Waals surface area contributed by atoms with E-state index in [1.807, 2.05) is 6.07 Å². The Morgan fingerprint density at radius 2 is 1.90 bits per heavy atom. The maximum absolute atomic E-state index is 6.35. The first-order valence-electron chi connectivity index (χ1n) is 11.8. The van der Waals surface area contributed by atoms with Crippen LogP contribution in [-0.4, -0.2) is 62.3 Å². The number of benzene rings is 2. The summed E-state index contributed by atoms with van der Waals surface area (Å²) in [5.74, 6) is 1.73. The predicted molar refractivity (Wildman–Crippen MR) is 125 cm³/mol. The number of ether oxygens (including phenoxy) is 1. The first-order valence-corrected chi connectivity index (χ1v) is 11.8. The lowest BCUT2D eigenvalue weighted by Crippen LogP contribution is -2.39. The van der Waals surface area contributed by atoms with Crippen LogP contribution in [0.3, 0.4) is 0 Å². The number of anilines is 1. The zero-order valence-corrected chi connectivity index (χ0v) is 18.8. The Morgan fingerprint density at radius 1 is 1.03 bits per heavy atom. The molecule has 3 aliphatic heterocycles. The van der Waals surface area contributed by atoms with Crippen molar-refractivity contribution in [2.75, 3.05) is 57.3 Å². The molecule has 0 amide bonds. The van der Waals surface area contributed by atoms with Gasteiger partial charge in [-0.25, -0.2) is 9.56 Å². The summed E-state index contributed by atoms with van der Waals surface area (Å²) in [5.41, 5.74) is 3.63. The summed E-state index contributed by atoms with van der Waals surface area (Å²) in [5, 5.41) is 1.20. The van der Waals surface area contributed by atoms with E-state index in [9.17, 15) is 0 Å². The van der Waals surface area contributed by atoms with Crippen LogP contribution in [-0.2, 0) is 0 Å². The van der Waals surface area contributed by atoms with Crippen LogP contribution < -0.4 is 19.6 Å². The first-order chi connectivity index (χ1) is 15.2. The third-order valence-corrected chi connectivity index (χ3v) is 6.67. The smallest absolute Gasteiger partial charge is 0.203 e. The molecule has 1 aliphatic carbocycles. The van der Waals surface area contributed by atoms with Gasteiger partial charge in [-0.15, -0.1) is 0 Å². The van der Waals surface area contributed by atoms with Crippen molar-refractivity contribution in [3.8, 4) is 17.2 Å². The highest BCUT2D eigenvalue weighted by molar-refractivity contribution is 5.84. The average molecular weight is 422 g/mol. The molecule has 6 heteroatoms. The number of piperidine rings is 1. The number of rotatable bonds is 5. The number of likely N-dealkylation sites (N-methyl/N-ethyl adjacent to an activating group) is 2. The molecular formula is C25H33N4O2+. The molecule has 31 heavy (non-hydrogen) atoms. The van der Waals surface area contributed by atoms with Crippen LogP contribution in [0.2, 0.25) is 0 Å². The largest absolute Gasteiger partial charge is 0.489 e. The first kappa shape index (κ1) is 20.3. The minimum absolute atomic E-state index is 0.713. The van der Waals surface area contributed by atoms with Gasteiger partial charge >= 0.3 is 0 Å². The number of aromatic nitrogens is 1. The van der Waals surface area contributed by atoms with Crippen LogP contribution in [0.5, 0.6) is 5.75 Å². The van der Waals surface area contributed by atoms with Crippen molar-refractivity contribution in [1.82, 2.24) is 14.5 Å². The highest BCUT2D eigenvalue weighted by Gasteiger charge is 2.20. The summed E-state index contributed by atoms with van der Waals surface area (Å²) < 4.78 is 14.7. The molecule has 1 aromatic carbocycles. The van der Waals surface area contributed by atoms with E-state index in [-0.39, 0.29) is 0 Å². The van der Waals surface area contributed by atoms with Gasteiger partial charge in [-0.1, -0.05) is 6.42 Å². The van der Waals surface area contributed by atoms with Gasteiger partial charge in [0.05, 0.1) is 24.8 Å². The normalized spacial score (nSPS) is 18.2. The molecule has 0 aromatic heterocycles. The van der Waals surface area contributed by atoms with Gasteiger partial charge in [0.15, 0.2) is 17.9 Å². The molecule has 6 nitrogen and oxygen atoms in total. The van der Waals surface area contributed by atoms with Gasteiger partial charge in [-0.05, 0) is 45.8 Å². The molecule has 3 heterocycles. The molecule has 0 radical (unpaired) electrons. The fourth-order valence-electron chi connectivity index (χ4n) is 4.82. The zero-order chi connectivity index (χ0) is 21.2. The number of nitrogens with zero attached hydrogens (tertiary/aromatic N) is 4. The van der Waals surface area contributed by atoms with E-state index in [1.54, 1.807) is 0 Å². The fraction of sp³-hybridized carbons (Fsp3) is 0.520. The lowest BCUT2D eigenvalue weighted by molar-refractivity contribution is 0.225. The molecule has 0 N–H and O–H groups in total. The van der Waals surface area contributed by atoms with Crippen LogP contribution >= 0.6 is 0 Å². The van der Waals surface area contributed by atoms with Crippen molar-refractivity contribution >= 4 is 16.8 Å². The van der Waals surface area contributed by atoms with Gasteiger partial charge in [0.25, 0.3) is 0 Å². The summed E-state index contributed by atoms with van der Waals surface area (Å²) in [6, 6.07) is 10.5. The molecule has 0 spiro atoms. The fourth-order valence-corrected chi connectivity index (χ4v) is 4.82. The third-order valence-electron chi connectivity index (χ3n) is 6.67. The molecular weight excluding hydrogens is 388 g/mol. The Balaban J connectivity index is 1.51. The van der Waals surface area contributed by atoms with Gasteiger partial charge < -0.3 is 14.1 Å². The molecule has 5 rings (SSSR count). The van der Waals surface area contributed by atoms with Gasteiger partial charge in [0, 0.05) is 24.7 Å². The third kappa shape index (κ3) is 4.13. The second kappa shape index (κ2) is 8.87. The predicted octanol–water partition coefficient (Wildman–Crippen LogP) is 3.43. The minimum atomic E-state index is 0.713. The van der Waals surface area contributed by atoms with Gasteiger partial charge in [0.1, 0.15) is 30.1 Å². The minimum Gasteiger partial charge on any atom is -0.489 e. The molecule has 0 atom stereocenters. The second-order valence-electron chi connectivity index (χ2n) is 8.56. The highest BCUT2D eigenvalue weighted by atomic mass is 16.5. The van der Waals surface area contributed by atoms with Gasteiger partial charge in [-0.2, -0.15) is 0 Å². The van der Waals surface area contributed by atoms with Crippen molar-refractivity contribution in [3.05, 3.63) is 35.7 Å². The second-order valence-corrected chi connectivity index (χ2v) is 8.56. The Hall–Kier alpha value is -2.60. The van der Waals surface area contributed by atoms with Crippen molar-refractivity contribution < 1.29 is 9.15 Å². The Labute approximate surface area is 184 Å². The Kier molecular flexibility index (Phi) is 5.81. The Bertz CT molecular complexity index is 1100. The summed E-state index contributed by atoms with van der Waals surface area (Å²) >= 11 is 0. The summed E-state index contributed by atoms with van der Waals surface area (Å²) in [6.45, 7) is 12.6. The highest BCUT2D eigenvalue weighted by Crippen LogP contribution is 2.36. The maximum Gasteiger partial charge on any atom is 0.203 e. The molecule has 0 saturated carbocycles. The lowest BCUT2D eigenvalue weighted by Gasteiger charge is -2.30. The summed E-state index contributed by atoms with van der Waals surface area (Å²) in [7, 11) is 0. The molecule has 4 aliphatic rings. The Morgan fingerprint density at radius 3 is 2.71 bits per heavy atom. The number of fused-ring (bicyclic) bond motifs is 3. The van der Waals surface area contributed by atoms with Gasteiger partial charge in [-0.3, -0.25) is 4.90 Å². The van der Waals surface area contributed by atoms with Crippen LogP contribution in [0.1, 0.15) is 33.1 Å². The SMILES string of the molecule is CCN1CCOc2cc3nc4cc/c(=[N+](\CC)CCN5CCCCC5)cc-4oc3cc21. The van der Waals surface area contributed by atoms with Crippen molar-refractivity contribution in [3.63, 3.8) is 0 Å². The van der Waals surface area contributed by atoms with Crippen molar-refractivity contribution in [2.45, 2.75) is 33.1 Å². The topological polar surface area (TPSA) is 44.8 Å². The van der Waals surface area contributed by atoms with Gasteiger partial charge in [0.2, 0.25) is 5.36 Å². The zero-order valence-electron chi connectivity index (χ0n) is 18.8. The van der Waals surface area contributed by atoms with Crippen molar-refractivity contribution in [2.24, 2.45) is 0 Å². The van der Waals surface area contributed by atoms with Crippen LogP contribution in [0.15, 0.2) is 34.7 Å². The summed E-state index contributed by atoms with van der Waals surface area (Å²) in [6.07, 6.45) is 4.06. The molecule has 0 unspecified atom stereocenters. The quantitative estimate of drug-likeness (QED) is 0.467. The molecule has 0 bridgehead atoms. The maximum atomic E-state index is 6.35. The van der Waals surface area contributed by atoms with E-state index in [0.717, 1.165) is 66.7 Å². The summed E-state index contributed by atoms with van der Waals surface area (Å²) in [4.78, 5) is 9.79. The van der Waals surface area contributed by atoms with Crippen LogP contribution in [0, 0.1) is 0 Å². The van der Waals surface area contributed by atoms with E-state index < -0.39 is 0 Å². The van der Waals surface area contributed by atoms with Crippen molar-refractivity contribution in [1.29, 1.82) is 0 Å². The van der Waals surface area contributed by atoms with E-state index in [0.29, 0.717) is 6.61 Å². The molecule has 1 saturated heterocycles.